The van der Waals surface area contributed by atoms with E-state index >= 15 is 0 Å². The Morgan fingerprint density at radius 2 is 2.12 bits per heavy atom. The Bertz CT molecular complexity index is 445. The second kappa shape index (κ2) is 5.66. The molecule has 1 aromatic rings. The van der Waals surface area contributed by atoms with Gasteiger partial charge >= 0.3 is 0 Å². The summed E-state index contributed by atoms with van der Waals surface area (Å²) in [7, 11) is -2.92. The van der Waals surface area contributed by atoms with Crippen molar-refractivity contribution in [1.82, 2.24) is 5.32 Å². The molecule has 1 aromatic carbocycles. The van der Waals surface area contributed by atoms with E-state index in [0.29, 0.717) is 11.6 Å². The Labute approximate surface area is 102 Å². The predicted octanol–water partition coefficient (Wildman–Crippen LogP) is 1.86. The van der Waals surface area contributed by atoms with Gasteiger partial charge in [-0.25, -0.2) is 8.42 Å². The van der Waals surface area contributed by atoms with Crippen LogP contribution in [0.25, 0.3) is 0 Å². The van der Waals surface area contributed by atoms with Crippen LogP contribution in [0, 0.1) is 0 Å². The number of hydrogen-bond donors (Lipinski definition) is 1. The molecule has 5 heteroatoms. The van der Waals surface area contributed by atoms with Crippen LogP contribution in [-0.2, 0) is 16.4 Å². The van der Waals surface area contributed by atoms with Gasteiger partial charge in [-0.05, 0) is 24.6 Å². The number of sulfone groups is 1. The summed E-state index contributed by atoms with van der Waals surface area (Å²) in [6.07, 6.45) is 1.24. The summed E-state index contributed by atoms with van der Waals surface area (Å²) < 4.78 is 22.1. The van der Waals surface area contributed by atoms with Crippen molar-refractivity contribution in [3.05, 3.63) is 34.9 Å². The van der Waals surface area contributed by atoms with Gasteiger partial charge in [0.15, 0.2) is 0 Å². The first-order chi connectivity index (χ1) is 7.37. The van der Waals surface area contributed by atoms with E-state index in [1.54, 1.807) is 0 Å². The molecule has 0 aliphatic heterocycles. The summed E-state index contributed by atoms with van der Waals surface area (Å²) in [4.78, 5) is 0. The van der Waals surface area contributed by atoms with Crippen LogP contribution in [0.4, 0.5) is 0 Å². The molecule has 0 aliphatic carbocycles. The second-order valence-corrected chi connectivity index (χ2v) is 6.63. The van der Waals surface area contributed by atoms with E-state index in [1.807, 2.05) is 31.2 Å². The van der Waals surface area contributed by atoms with E-state index in [4.69, 9.17) is 11.6 Å². The molecule has 0 aliphatic rings. The molecule has 0 saturated carbocycles. The maximum Gasteiger partial charge on any atom is 0.148 e. The van der Waals surface area contributed by atoms with Gasteiger partial charge in [-0.15, -0.1) is 0 Å². The summed E-state index contributed by atoms with van der Waals surface area (Å²) in [6, 6.07) is 7.44. The normalized spacial score (nSPS) is 13.7. The van der Waals surface area contributed by atoms with Crippen molar-refractivity contribution in [1.29, 1.82) is 0 Å². The SMILES string of the molecule is C[C@H](CS(C)(=O)=O)NCc1cccc(Cl)c1. The van der Waals surface area contributed by atoms with Crippen LogP contribution in [0.3, 0.4) is 0 Å². The summed E-state index contributed by atoms with van der Waals surface area (Å²) >= 11 is 5.84. The van der Waals surface area contributed by atoms with Crippen LogP contribution in [0.5, 0.6) is 0 Å². The van der Waals surface area contributed by atoms with E-state index < -0.39 is 9.84 Å². The summed E-state index contributed by atoms with van der Waals surface area (Å²) in [5.41, 5.74) is 1.05. The highest BCUT2D eigenvalue weighted by Crippen LogP contribution is 2.10. The van der Waals surface area contributed by atoms with Crippen LogP contribution in [0.1, 0.15) is 12.5 Å². The summed E-state index contributed by atoms with van der Waals surface area (Å²) in [5, 5.41) is 3.83. The van der Waals surface area contributed by atoms with Crippen LogP contribution >= 0.6 is 11.6 Å². The minimum absolute atomic E-state index is 0.0611. The van der Waals surface area contributed by atoms with Crippen molar-refractivity contribution in [3.63, 3.8) is 0 Å². The molecule has 0 heterocycles. The number of halogens is 1. The third kappa shape index (κ3) is 5.49. The molecular weight excluding hydrogens is 246 g/mol. The Morgan fingerprint density at radius 3 is 2.69 bits per heavy atom. The van der Waals surface area contributed by atoms with Crippen LogP contribution in [0.15, 0.2) is 24.3 Å². The van der Waals surface area contributed by atoms with Crippen molar-refractivity contribution in [3.8, 4) is 0 Å². The molecule has 0 bridgehead atoms. The zero-order chi connectivity index (χ0) is 12.2. The highest BCUT2D eigenvalue weighted by atomic mass is 35.5. The lowest BCUT2D eigenvalue weighted by Crippen LogP contribution is -2.32. The Hall–Kier alpha value is -0.580. The van der Waals surface area contributed by atoms with Crippen molar-refractivity contribution in [2.75, 3.05) is 12.0 Å². The van der Waals surface area contributed by atoms with Crippen molar-refractivity contribution in [2.45, 2.75) is 19.5 Å². The molecule has 90 valence electrons. The Morgan fingerprint density at radius 1 is 1.44 bits per heavy atom. The first kappa shape index (κ1) is 13.5. The fourth-order valence-electron chi connectivity index (χ4n) is 1.45. The second-order valence-electron chi connectivity index (χ2n) is 4.00. The molecule has 0 radical (unpaired) electrons. The lowest BCUT2D eigenvalue weighted by Gasteiger charge is -2.12. The standard InChI is InChI=1S/C11H16ClNO2S/c1-9(8-16(2,14)15)13-7-10-4-3-5-11(12)6-10/h3-6,9,13H,7-8H2,1-2H3/t9-/m1/s1. The van der Waals surface area contributed by atoms with Crippen LogP contribution < -0.4 is 5.32 Å². The van der Waals surface area contributed by atoms with E-state index in [1.165, 1.54) is 6.26 Å². The minimum Gasteiger partial charge on any atom is -0.309 e. The molecule has 1 N–H and O–H groups in total. The van der Waals surface area contributed by atoms with Crippen molar-refractivity contribution >= 4 is 21.4 Å². The van der Waals surface area contributed by atoms with Gasteiger partial charge < -0.3 is 5.32 Å². The van der Waals surface area contributed by atoms with E-state index in [9.17, 15) is 8.42 Å². The van der Waals surface area contributed by atoms with Gasteiger partial charge in [0.25, 0.3) is 0 Å². The first-order valence-electron chi connectivity index (χ1n) is 5.02. The molecule has 0 saturated heterocycles. The molecular formula is C11H16ClNO2S. The molecule has 0 unspecified atom stereocenters. The van der Waals surface area contributed by atoms with Gasteiger partial charge in [-0.3, -0.25) is 0 Å². The molecule has 16 heavy (non-hydrogen) atoms. The maximum absolute atomic E-state index is 11.0. The zero-order valence-electron chi connectivity index (χ0n) is 9.40. The lowest BCUT2D eigenvalue weighted by molar-refractivity contribution is 0.560. The summed E-state index contributed by atoms with van der Waals surface area (Å²) in [5.74, 6) is 0.146. The van der Waals surface area contributed by atoms with E-state index in [0.717, 1.165) is 5.56 Å². The molecule has 3 nitrogen and oxygen atoms in total. The quantitative estimate of drug-likeness (QED) is 0.880. The Balaban J connectivity index is 2.46. The largest absolute Gasteiger partial charge is 0.309 e. The van der Waals surface area contributed by atoms with Gasteiger partial charge in [0.05, 0.1) is 5.75 Å². The summed E-state index contributed by atoms with van der Waals surface area (Å²) in [6.45, 7) is 2.48. The van der Waals surface area contributed by atoms with Crippen molar-refractivity contribution in [2.24, 2.45) is 0 Å². The monoisotopic (exact) mass is 261 g/mol. The molecule has 1 rings (SSSR count). The van der Waals surface area contributed by atoms with Crippen LogP contribution in [0.2, 0.25) is 5.02 Å². The minimum atomic E-state index is -2.92. The number of nitrogens with one attached hydrogen (secondary N) is 1. The number of benzene rings is 1. The highest BCUT2D eigenvalue weighted by Gasteiger charge is 2.09. The maximum atomic E-state index is 11.0. The molecule has 0 fully saturated rings. The highest BCUT2D eigenvalue weighted by molar-refractivity contribution is 7.90. The van der Waals surface area contributed by atoms with Crippen LogP contribution in [-0.4, -0.2) is 26.5 Å². The zero-order valence-corrected chi connectivity index (χ0v) is 11.0. The molecule has 0 amide bonds. The number of hydrogen-bond acceptors (Lipinski definition) is 3. The fraction of sp³-hybridized carbons (Fsp3) is 0.455. The third-order valence-corrected chi connectivity index (χ3v) is 3.44. The van der Waals surface area contributed by atoms with E-state index in [2.05, 4.69) is 5.32 Å². The number of rotatable bonds is 5. The average molecular weight is 262 g/mol. The van der Waals surface area contributed by atoms with Gasteiger partial charge in [0.1, 0.15) is 9.84 Å². The predicted molar refractivity (Wildman–Crippen MR) is 67.5 cm³/mol. The van der Waals surface area contributed by atoms with Gasteiger partial charge in [-0.2, -0.15) is 0 Å². The fourth-order valence-corrected chi connectivity index (χ4v) is 2.69. The molecule has 0 spiro atoms. The average Bonchev–Trinajstić information content (AvgIpc) is 2.12. The smallest absolute Gasteiger partial charge is 0.148 e. The van der Waals surface area contributed by atoms with Gasteiger partial charge in [0.2, 0.25) is 0 Å². The Kier molecular flexibility index (Phi) is 4.77. The van der Waals surface area contributed by atoms with Crippen molar-refractivity contribution < 1.29 is 8.42 Å². The lowest BCUT2D eigenvalue weighted by atomic mass is 10.2. The van der Waals surface area contributed by atoms with Gasteiger partial charge in [-0.1, -0.05) is 23.7 Å². The van der Waals surface area contributed by atoms with E-state index in [-0.39, 0.29) is 11.8 Å². The first-order valence-corrected chi connectivity index (χ1v) is 7.46. The topological polar surface area (TPSA) is 46.2 Å². The molecule has 0 aromatic heterocycles. The van der Waals surface area contributed by atoms with Gasteiger partial charge in [0, 0.05) is 23.9 Å². The molecule has 1 atom stereocenters. The third-order valence-electron chi connectivity index (χ3n) is 2.10.